The van der Waals surface area contributed by atoms with Crippen molar-refractivity contribution in [1.82, 2.24) is 4.90 Å². The second kappa shape index (κ2) is 7.52. The lowest BCUT2D eigenvalue weighted by molar-refractivity contribution is -0.384. The molecule has 1 saturated heterocycles. The first kappa shape index (κ1) is 19.1. The first-order valence-electron chi connectivity index (χ1n) is 9.23. The van der Waals surface area contributed by atoms with Gasteiger partial charge in [0.25, 0.3) is 5.69 Å². The van der Waals surface area contributed by atoms with Crippen LogP contribution in [0.1, 0.15) is 32.6 Å². The summed E-state index contributed by atoms with van der Waals surface area (Å²) in [7, 11) is -3.47. The van der Waals surface area contributed by atoms with Crippen molar-refractivity contribution in [2.45, 2.75) is 43.5 Å². The second-order valence-corrected chi connectivity index (χ2v) is 9.63. The lowest BCUT2D eigenvalue weighted by Gasteiger charge is -2.42. The van der Waals surface area contributed by atoms with Crippen molar-refractivity contribution >= 4 is 21.2 Å². The molecular formula is C18H27N3O4S. The van der Waals surface area contributed by atoms with E-state index in [4.69, 9.17) is 0 Å². The molecule has 26 heavy (non-hydrogen) atoms. The largest absolute Gasteiger partial charge is 0.363 e. The number of nitro benzene ring substituents is 1. The maximum atomic E-state index is 11.7. The monoisotopic (exact) mass is 381 g/mol. The zero-order valence-electron chi connectivity index (χ0n) is 15.4. The van der Waals surface area contributed by atoms with E-state index >= 15 is 0 Å². The Bertz CT molecular complexity index is 765. The van der Waals surface area contributed by atoms with Gasteiger partial charge >= 0.3 is 0 Å². The van der Waals surface area contributed by atoms with Crippen molar-refractivity contribution in [3.63, 3.8) is 0 Å². The maximum absolute atomic E-state index is 11.7. The summed E-state index contributed by atoms with van der Waals surface area (Å²) in [6.07, 6.45) is 6.11. The van der Waals surface area contributed by atoms with Crippen molar-refractivity contribution in [1.29, 1.82) is 0 Å². The molecule has 0 amide bonds. The third-order valence-electron chi connectivity index (χ3n) is 5.73. The first-order valence-corrected chi connectivity index (χ1v) is 11.1. The molecule has 2 aliphatic rings. The summed E-state index contributed by atoms with van der Waals surface area (Å²) in [5.41, 5.74) is 0.382. The van der Waals surface area contributed by atoms with Crippen LogP contribution in [-0.2, 0) is 9.84 Å². The van der Waals surface area contributed by atoms with E-state index in [-0.39, 0.29) is 10.6 Å². The van der Waals surface area contributed by atoms with Crippen LogP contribution < -0.4 is 4.90 Å². The summed E-state index contributed by atoms with van der Waals surface area (Å²) in [6.45, 7) is 5.55. The van der Waals surface area contributed by atoms with E-state index in [2.05, 4.69) is 11.8 Å². The number of sulfone groups is 1. The molecule has 0 radical (unpaired) electrons. The Morgan fingerprint density at radius 1 is 1.08 bits per heavy atom. The molecule has 2 fully saturated rings. The molecule has 0 unspecified atom stereocenters. The van der Waals surface area contributed by atoms with E-state index in [1.54, 1.807) is 6.07 Å². The van der Waals surface area contributed by atoms with Gasteiger partial charge in [-0.2, -0.15) is 0 Å². The van der Waals surface area contributed by atoms with Crippen LogP contribution >= 0.6 is 0 Å². The Balaban J connectivity index is 1.72. The summed E-state index contributed by atoms with van der Waals surface area (Å²) in [6, 6.07) is 4.86. The molecule has 144 valence electrons. The average molecular weight is 381 g/mol. The minimum absolute atomic E-state index is 0.0112. The van der Waals surface area contributed by atoms with Crippen LogP contribution in [0, 0.1) is 16.0 Å². The fraction of sp³-hybridized carbons (Fsp3) is 0.667. The van der Waals surface area contributed by atoms with Crippen molar-refractivity contribution in [2.75, 3.05) is 37.3 Å². The molecular weight excluding hydrogens is 354 g/mol. The molecule has 7 nitrogen and oxygen atoms in total. The van der Waals surface area contributed by atoms with Gasteiger partial charge < -0.3 is 4.90 Å². The van der Waals surface area contributed by atoms with Crippen molar-refractivity contribution in [2.24, 2.45) is 5.92 Å². The van der Waals surface area contributed by atoms with Gasteiger partial charge in [-0.05, 0) is 43.7 Å². The Morgan fingerprint density at radius 2 is 1.69 bits per heavy atom. The second-order valence-electron chi connectivity index (χ2n) is 7.62. The molecule has 1 aliphatic heterocycles. The van der Waals surface area contributed by atoms with E-state index in [0.29, 0.717) is 11.7 Å². The fourth-order valence-corrected chi connectivity index (χ4v) is 4.72. The van der Waals surface area contributed by atoms with Gasteiger partial charge in [-0.15, -0.1) is 0 Å². The molecule has 0 atom stereocenters. The number of hydrogen-bond donors (Lipinski definition) is 0. The maximum Gasteiger partial charge on any atom is 0.293 e. The number of benzene rings is 1. The predicted octanol–water partition coefficient (Wildman–Crippen LogP) is 2.70. The minimum Gasteiger partial charge on any atom is -0.363 e. The van der Waals surface area contributed by atoms with Crippen LogP contribution in [-0.4, -0.2) is 56.7 Å². The lowest BCUT2D eigenvalue weighted by atomic mass is 9.86. The van der Waals surface area contributed by atoms with Crippen molar-refractivity contribution < 1.29 is 13.3 Å². The Labute approximate surface area is 155 Å². The molecule has 1 saturated carbocycles. The van der Waals surface area contributed by atoms with Crippen LogP contribution in [0.5, 0.6) is 0 Å². The van der Waals surface area contributed by atoms with E-state index in [0.717, 1.165) is 38.4 Å². The molecule has 0 spiro atoms. The third-order valence-corrected chi connectivity index (χ3v) is 6.84. The lowest BCUT2D eigenvalue weighted by Crippen LogP contribution is -2.51. The number of piperazine rings is 1. The third kappa shape index (κ3) is 4.17. The van der Waals surface area contributed by atoms with Gasteiger partial charge in [0.15, 0.2) is 9.84 Å². The van der Waals surface area contributed by atoms with E-state index in [9.17, 15) is 18.5 Å². The van der Waals surface area contributed by atoms with Gasteiger partial charge in [-0.3, -0.25) is 15.0 Å². The number of nitrogens with zero attached hydrogens (tertiary/aromatic N) is 3. The molecule has 1 heterocycles. The number of nitro groups is 1. The van der Waals surface area contributed by atoms with E-state index in [1.807, 2.05) is 4.90 Å². The number of anilines is 1. The summed E-state index contributed by atoms with van der Waals surface area (Å²) < 4.78 is 23.4. The zero-order valence-corrected chi connectivity index (χ0v) is 16.2. The van der Waals surface area contributed by atoms with Crippen LogP contribution in [0.25, 0.3) is 0 Å². The van der Waals surface area contributed by atoms with Gasteiger partial charge in [-0.25, -0.2) is 8.42 Å². The highest BCUT2D eigenvalue weighted by Gasteiger charge is 2.29. The quantitative estimate of drug-likeness (QED) is 0.589. The first-order chi connectivity index (χ1) is 12.3. The summed E-state index contributed by atoms with van der Waals surface area (Å²) in [5, 5.41) is 11.5. The molecule has 0 N–H and O–H groups in total. The molecule has 1 aliphatic carbocycles. The molecule has 1 aromatic rings. The minimum atomic E-state index is -3.47. The van der Waals surface area contributed by atoms with Gasteiger partial charge in [0.05, 0.1) is 9.82 Å². The SMILES string of the molecule is CC1CCC(N2CCN(c3ccc(S(C)(=O)=O)cc3[N+](=O)[O-])CC2)CC1. The van der Waals surface area contributed by atoms with Crippen LogP contribution in [0.3, 0.4) is 0 Å². The Morgan fingerprint density at radius 3 is 2.23 bits per heavy atom. The summed E-state index contributed by atoms with van der Waals surface area (Å²) in [4.78, 5) is 15.5. The van der Waals surface area contributed by atoms with Crippen molar-refractivity contribution in [3.05, 3.63) is 28.3 Å². The van der Waals surface area contributed by atoms with Gasteiger partial charge in [0.1, 0.15) is 5.69 Å². The van der Waals surface area contributed by atoms with Gasteiger partial charge in [0.2, 0.25) is 0 Å². The van der Waals surface area contributed by atoms with E-state index in [1.165, 1.54) is 37.8 Å². The topological polar surface area (TPSA) is 83.8 Å². The summed E-state index contributed by atoms with van der Waals surface area (Å²) in [5.74, 6) is 0.823. The number of rotatable bonds is 4. The molecule has 8 heteroatoms. The predicted molar refractivity (Wildman–Crippen MR) is 101 cm³/mol. The normalized spacial score (nSPS) is 25.2. The van der Waals surface area contributed by atoms with E-state index < -0.39 is 14.8 Å². The van der Waals surface area contributed by atoms with Crippen molar-refractivity contribution in [3.8, 4) is 0 Å². The Hall–Kier alpha value is -1.67. The highest BCUT2D eigenvalue weighted by Crippen LogP contribution is 2.33. The van der Waals surface area contributed by atoms with Crippen LogP contribution in [0.15, 0.2) is 23.1 Å². The smallest absolute Gasteiger partial charge is 0.293 e. The zero-order chi connectivity index (χ0) is 18.9. The molecule has 3 rings (SSSR count). The van der Waals surface area contributed by atoms with Crippen LogP contribution in [0.4, 0.5) is 11.4 Å². The molecule has 0 aromatic heterocycles. The standard InChI is InChI=1S/C18H27N3O4S/c1-14-3-5-15(6-4-14)19-9-11-20(12-10-19)17-8-7-16(26(2,24)25)13-18(17)21(22)23/h7-8,13-15H,3-6,9-12H2,1-2H3. The van der Waals surface area contributed by atoms with Gasteiger partial charge in [0, 0.05) is 44.5 Å². The molecule has 0 bridgehead atoms. The average Bonchev–Trinajstić information content (AvgIpc) is 2.61. The van der Waals surface area contributed by atoms with Gasteiger partial charge in [-0.1, -0.05) is 6.92 Å². The highest BCUT2D eigenvalue weighted by atomic mass is 32.2. The number of hydrogen-bond acceptors (Lipinski definition) is 6. The fourth-order valence-electron chi connectivity index (χ4n) is 4.08. The molecule has 1 aromatic carbocycles. The summed E-state index contributed by atoms with van der Waals surface area (Å²) >= 11 is 0. The highest BCUT2D eigenvalue weighted by molar-refractivity contribution is 7.90. The van der Waals surface area contributed by atoms with Crippen LogP contribution in [0.2, 0.25) is 0 Å². The Kier molecular flexibility index (Phi) is 5.53.